The molecule has 0 atom stereocenters. The van der Waals surface area contributed by atoms with Gasteiger partial charge in [-0.25, -0.2) is 0 Å². The van der Waals surface area contributed by atoms with Crippen LogP contribution in [-0.2, 0) is 6.54 Å². The van der Waals surface area contributed by atoms with Crippen molar-refractivity contribution in [3.63, 3.8) is 0 Å². The van der Waals surface area contributed by atoms with Crippen LogP contribution in [0.5, 0.6) is 5.75 Å². The number of rotatable bonds is 2. The largest absolute Gasteiger partial charge is 0.507 e. The molecule has 84 valence electrons. The second-order valence-electron chi connectivity index (χ2n) is 4.04. The van der Waals surface area contributed by atoms with Crippen LogP contribution in [0.25, 0.3) is 11.1 Å². The maximum atomic E-state index is 9.71. The fraction of sp³-hybridized carbons (Fsp3) is 0.308. The molecule has 0 aliphatic rings. The van der Waals surface area contributed by atoms with Crippen molar-refractivity contribution in [1.82, 2.24) is 9.78 Å². The standard InChI is InChI=1S/C13H16N2O/c1-4-15-8-12(7-14-15)11-5-9(2)13(16)10(3)6-11/h5-8,16H,4H2,1-3H3. The molecule has 0 unspecified atom stereocenters. The second-order valence-corrected chi connectivity index (χ2v) is 4.04. The van der Waals surface area contributed by atoms with Crippen LogP contribution in [0.3, 0.4) is 0 Å². The zero-order valence-corrected chi connectivity index (χ0v) is 9.86. The molecule has 1 heterocycles. The average Bonchev–Trinajstić information content (AvgIpc) is 2.73. The van der Waals surface area contributed by atoms with E-state index in [9.17, 15) is 5.11 Å². The molecule has 0 spiro atoms. The molecule has 0 fully saturated rings. The number of aryl methyl sites for hydroxylation is 3. The van der Waals surface area contributed by atoms with Gasteiger partial charge in [-0.15, -0.1) is 0 Å². The van der Waals surface area contributed by atoms with E-state index in [1.807, 2.05) is 43.1 Å². The predicted octanol–water partition coefficient (Wildman–Crippen LogP) is 2.89. The van der Waals surface area contributed by atoms with Gasteiger partial charge >= 0.3 is 0 Å². The number of aromatic hydroxyl groups is 1. The van der Waals surface area contributed by atoms with Crippen LogP contribution in [0.1, 0.15) is 18.1 Å². The third-order valence-electron chi connectivity index (χ3n) is 2.78. The normalized spacial score (nSPS) is 10.7. The van der Waals surface area contributed by atoms with E-state index in [2.05, 4.69) is 12.0 Å². The Morgan fingerprint density at radius 1 is 1.19 bits per heavy atom. The molecular formula is C13H16N2O. The van der Waals surface area contributed by atoms with Crippen molar-refractivity contribution in [2.75, 3.05) is 0 Å². The highest BCUT2D eigenvalue weighted by Crippen LogP contribution is 2.28. The van der Waals surface area contributed by atoms with Gasteiger partial charge in [0.1, 0.15) is 5.75 Å². The highest BCUT2D eigenvalue weighted by Gasteiger charge is 2.06. The summed E-state index contributed by atoms with van der Waals surface area (Å²) in [7, 11) is 0. The maximum Gasteiger partial charge on any atom is 0.121 e. The van der Waals surface area contributed by atoms with E-state index in [1.165, 1.54) is 0 Å². The summed E-state index contributed by atoms with van der Waals surface area (Å²) in [6.07, 6.45) is 3.88. The molecule has 16 heavy (non-hydrogen) atoms. The molecule has 2 rings (SSSR count). The van der Waals surface area contributed by atoms with E-state index in [0.29, 0.717) is 5.75 Å². The van der Waals surface area contributed by atoms with Crippen LogP contribution >= 0.6 is 0 Å². The smallest absolute Gasteiger partial charge is 0.121 e. The van der Waals surface area contributed by atoms with E-state index in [1.54, 1.807) is 0 Å². The third-order valence-corrected chi connectivity index (χ3v) is 2.78. The minimum absolute atomic E-state index is 0.381. The molecule has 0 aliphatic heterocycles. The van der Waals surface area contributed by atoms with Crippen LogP contribution in [-0.4, -0.2) is 14.9 Å². The molecule has 1 N–H and O–H groups in total. The molecule has 3 heteroatoms. The van der Waals surface area contributed by atoms with Gasteiger partial charge in [0, 0.05) is 18.3 Å². The zero-order valence-electron chi connectivity index (χ0n) is 9.86. The van der Waals surface area contributed by atoms with Gasteiger partial charge in [-0.2, -0.15) is 5.10 Å². The van der Waals surface area contributed by atoms with Crippen molar-refractivity contribution in [2.45, 2.75) is 27.3 Å². The number of aromatic nitrogens is 2. The Bertz CT molecular complexity index is 491. The molecule has 1 aromatic carbocycles. The minimum atomic E-state index is 0.381. The lowest BCUT2D eigenvalue weighted by Crippen LogP contribution is -1.92. The van der Waals surface area contributed by atoms with Crippen molar-refractivity contribution in [3.05, 3.63) is 35.7 Å². The van der Waals surface area contributed by atoms with Crippen molar-refractivity contribution in [1.29, 1.82) is 0 Å². The quantitative estimate of drug-likeness (QED) is 0.838. The summed E-state index contributed by atoms with van der Waals surface area (Å²) in [5, 5.41) is 14.0. The number of nitrogens with zero attached hydrogens (tertiary/aromatic N) is 2. The Kier molecular flexibility index (Phi) is 2.69. The van der Waals surface area contributed by atoms with Gasteiger partial charge < -0.3 is 5.11 Å². The van der Waals surface area contributed by atoms with Gasteiger partial charge in [-0.1, -0.05) is 0 Å². The molecule has 0 radical (unpaired) electrons. The van der Waals surface area contributed by atoms with E-state index >= 15 is 0 Å². The molecule has 0 saturated heterocycles. The first-order chi connectivity index (χ1) is 7.61. The zero-order chi connectivity index (χ0) is 11.7. The van der Waals surface area contributed by atoms with Crippen molar-refractivity contribution in [3.8, 4) is 16.9 Å². The Balaban J connectivity index is 2.48. The first-order valence-corrected chi connectivity index (χ1v) is 5.45. The molecule has 1 aromatic heterocycles. The highest BCUT2D eigenvalue weighted by atomic mass is 16.3. The second kappa shape index (κ2) is 4.00. The van der Waals surface area contributed by atoms with Gasteiger partial charge in [0.25, 0.3) is 0 Å². The van der Waals surface area contributed by atoms with Crippen LogP contribution in [0.4, 0.5) is 0 Å². The average molecular weight is 216 g/mol. The molecule has 3 nitrogen and oxygen atoms in total. The number of phenols is 1. The molecule has 0 amide bonds. The van der Waals surface area contributed by atoms with Crippen LogP contribution in [0.2, 0.25) is 0 Å². The van der Waals surface area contributed by atoms with Gasteiger partial charge in [0.2, 0.25) is 0 Å². The SMILES string of the molecule is CCn1cc(-c2cc(C)c(O)c(C)c2)cn1. The lowest BCUT2D eigenvalue weighted by atomic mass is 10.0. The van der Waals surface area contributed by atoms with Crippen molar-refractivity contribution in [2.24, 2.45) is 0 Å². The molecular weight excluding hydrogens is 200 g/mol. The Morgan fingerprint density at radius 2 is 1.81 bits per heavy atom. The van der Waals surface area contributed by atoms with Gasteiger partial charge in [0.15, 0.2) is 0 Å². The summed E-state index contributed by atoms with van der Waals surface area (Å²) in [5.74, 6) is 0.381. The van der Waals surface area contributed by atoms with E-state index < -0.39 is 0 Å². The van der Waals surface area contributed by atoms with E-state index in [0.717, 1.165) is 28.8 Å². The van der Waals surface area contributed by atoms with Crippen LogP contribution in [0, 0.1) is 13.8 Å². The van der Waals surface area contributed by atoms with E-state index in [-0.39, 0.29) is 0 Å². The van der Waals surface area contributed by atoms with Crippen LogP contribution in [0.15, 0.2) is 24.5 Å². The molecule has 0 aliphatic carbocycles. The summed E-state index contributed by atoms with van der Waals surface area (Å²) < 4.78 is 1.90. The first kappa shape index (κ1) is 10.7. The van der Waals surface area contributed by atoms with Crippen LogP contribution < -0.4 is 0 Å². The fourth-order valence-corrected chi connectivity index (χ4v) is 1.81. The van der Waals surface area contributed by atoms with Gasteiger partial charge in [-0.3, -0.25) is 4.68 Å². The van der Waals surface area contributed by atoms with E-state index in [4.69, 9.17) is 0 Å². The molecule has 0 bridgehead atoms. The highest BCUT2D eigenvalue weighted by molar-refractivity contribution is 5.65. The monoisotopic (exact) mass is 216 g/mol. The minimum Gasteiger partial charge on any atom is -0.507 e. The summed E-state index contributed by atoms with van der Waals surface area (Å²) in [6.45, 7) is 6.76. The lowest BCUT2D eigenvalue weighted by Gasteiger charge is -2.06. The Hall–Kier alpha value is -1.77. The topological polar surface area (TPSA) is 38.0 Å². The predicted molar refractivity (Wildman–Crippen MR) is 64.5 cm³/mol. The van der Waals surface area contributed by atoms with Gasteiger partial charge in [0.05, 0.1) is 6.20 Å². The van der Waals surface area contributed by atoms with Gasteiger partial charge in [-0.05, 0) is 49.6 Å². The number of hydrogen-bond acceptors (Lipinski definition) is 2. The number of hydrogen-bond donors (Lipinski definition) is 1. The summed E-state index contributed by atoms with van der Waals surface area (Å²) >= 11 is 0. The lowest BCUT2D eigenvalue weighted by molar-refractivity contribution is 0.467. The maximum absolute atomic E-state index is 9.71. The Labute approximate surface area is 95.3 Å². The molecule has 2 aromatic rings. The third kappa shape index (κ3) is 1.81. The summed E-state index contributed by atoms with van der Waals surface area (Å²) in [6, 6.07) is 3.97. The first-order valence-electron chi connectivity index (χ1n) is 5.45. The number of phenolic OH excluding ortho intramolecular Hbond substituents is 1. The van der Waals surface area contributed by atoms with Crippen molar-refractivity contribution < 1.29 is 5.11 Å². The molecule has 0 saturated carbocycles. The fourth-order valence-electron chi connectivity index (χ4n) is 1.81. The number of benzene rings is 1. The summed E-state index contributed by atoms with van der Waals surface area (Å²) in [4.78, 5) is 0. The summed E-state index contributed by atoms with van der Waals surface area (Å²) in [5.41, 5.74) is 4.00. The van der Waals surface area contributed by atoms with Crippen molar-refractivity contribution >= 4 is 0 Å². The Morgan fingerprint density at radius 3 is 2.31 bits per heavy atom.